The van der Waals surface area contributed by atoms with E-state index in [9.17, 15) is 33.6 Å². The summed E-state index contributed by atoms with van der Waals surface area (Å²) in [6.07, 6.45) is 3.79. The van der Waals surface area contributed by atoms with E-state index >= 15 is 0 Å². The smallest absolute Gasteiger partial charge is 0.325 e. The Hall–Kier alpha value is -6.95. The first-order valence-corrected chi connectivity index (χ1v) is 28.9. The molecule has 17 nitrogen and oxygen atoms in total. The van der Waals surface area contributed by atoms with Crippen LogP contribution in [0, 0.1) is 46.3 Å². The van der Waals surface area contributed by atoms with Gasteiger partial charge in [0.15, 0.2) is 0 Å². The zero-order chi connectivity index (χ0) is 57.7. The summed E-state index contributed by atoms with van der Waals surface area (Å²) in [5.41, 5.74) is 21.3. The second-order valence-corrected chi connectivity index (χ2v) is 23.6. The van der Waals surface area contributed by atoms with Gasteiger partial charge in [0.2, 0.25) is 17.7 Å². The minimum Gasteiger partial charge on any atom is -0.461 e. The van der Waals surface area contributed by atoms with Gasteiger partial charge in [0, 0.05) is 17.8 Å². The molecule has 4 aromatic rings. The van der Waals surface area contributed by atoms with Crippen molar-refractivity contribution >= 4 is 41.6 Å². The summed E-state index contributed by atoms with van der Waals surface area (Å²) in [6, 6.07) is 35.0. The molecule has 8 rings (SSSR count). The molecule has 4 saturated carbocycles. The van der Waals surface area contributed by atoms with E-state index in [0.29, 0.717) is 44.9 Å². The average Bonchev–Trinajstić information content (AvgIpc) is 3.39. The molecule has 4 aliphatic carbocycles. The Morgan fingerprint density at radius 2 is 1.00 bits per heavy atom. The number of hydrogen-bond acceptors (Lipinski definition) is 14. The SMILES string of the molecule is C[C@H](CCC(=O)OCc1ccccc1)[C@H]1CC[C@H]2[C@@H]3[C@H](OC(=O)CNC(=O)[C@@H](N)Cc4ccccc4)C[C@@H]4C[C@H](OC(=O)CNC(=O)[C@@H](N)Cc5ccccc5)CC[C@]4(C)[C@H]3C[C@H](OC(=O)CNC(=O)[C@@H](N)Cc3ccccc3)[C@]12C. The number of hydrogen-bond donors (Lipinski definition) is 6. The molecule has 81 heavy (non-hydrogen) atoms. The number of nitrogens with one attached hydrogen (secondary N) is 3. The van der Waals surface area contributed by atoms with Crippen LogP contribution < -0.4 is 33.2 Å². The van der Waals surface area contributed by atoms with E-state index < -0.39 is 96.0 Å². The first-order chi connectivity index (χ1) is 38.9. The minimum absolute atomic E-state index is 0.0181. The number of ether oxygens (including phenoxy) is 4. The molecular weight excluding hydrogens is 1030 g/mol. The Kier molecular flexibility index (Phi) is 20.6. The Balaban J connectivity index is 1.02. The standard InChI is InChI=1S/C64H82N6O11/c1-40(24-27-55(71)78-39-44-22-14-7-15-23-44)47-25-26-48-59-49(35-54(64(47,48)3)81-58(74)38-70-62(77)52(67)32-43-20-12-6-13-21-43)63(2)29-28-46(79-56(72)36-68-60(75)50(65)30-41-16-8-4-9-17-41)33-45(63)34-53(59)80-57(73)37-69-61(76)51(66)31-42-18-10-5-11-19-42/h4-23,40,45-54,59H,24-39,65-67H2,1-3H3,(H,68,75)(H,69,76)(H,70,77)/t40-,45+,46-,47-,48+,49+,50+,51+,52+,53-,54+,59+,63+,64-/m1/s1. The lowest BCUT2D eigenvalue weighted by molar-refractivity contribution is -0.225. The van der Waals surface area contributed by atoms with Crippen molar-refractivity contribution in [1.29, 1.82) is 0 Å². The fourth-order valence-electron chi connectivity index (χ4n) is 14.2. The molecule has 0 spiro atoms. The van der Waals surface area contributed by atoms with Crippen LogP contribution in [0.5, 0.6) is 0 Å². The number of fused-ring (bicyclic) bond motifs is 5. The fourth-order valence-corrected chi connectivity index (χ4v) is 14.2. The van der Waals surface area contributed by atoms with Gasteiger partial charge in [-0.3, -0.25) is 33.6 Å². The van der Waals surface area contributed by atoms with Crippen molar-refractivity contribution < 1.29 is 52.5 Å². The normalized spacial score (nSPS) is 27.0. The third-order valence-corrected chi connectivity index (χ3v) is 18.5. The maximum absolute atomic E-state index is 14.2. The van der Waals surface area contributed by atoms with Gasteiger partial charge >= 0.3 is 23.9 Å². The quantitative estimate of drug-likeness (QED) is 0.0357. The van der Waals surface area contributed by atoms with Gasteiger partial charge in [-0.15, -0.1) is 0 Å². The molecule has 0 radical (unpaired) electrons. The molecule has 0 saturated heterocycles. The predicted octanol–water partition coefficient (Wildman–Crippen LogP) is 5.82. The van der Waals surface area contributed by atoms with E-state index in [0.717, 1.165) is 35.1 Å². The van der Waals surface area contributed by atoms with Crippen molar-refractivity contribution in [3.05, 3.63) is 144 Å². The lowest BCUT2D eigenvalue weighted by atomic mass is 9.43. The second kappa shape index (κ2) is 27.7. The first-order valence-electron chi connectivity index (χ1n) is 28.9. The molecule has 0 aliphatic heterocycles. The molecule has 14 atom stereocenters. The summed E-state index contributed by atoms with van der Waals surface area (Å²) in [4.78, 5) is 94.7. The first kappa shape index (κ1) is 60.2. The summed E-state index contributed by atoms with van der Waals surface area (Å²) < 4.78 is 25.0. The minimum atomic E-state index is -0.901. The lowest BCUT2D eigenvalue weighted by Gasteiger charge is -2.64. The highest BCUT2D eigenvalue weighted by Crippen LogP contribution is 2.69. The third kappa shape index (κ3) is 15.3. The Bertz CT molecular complexity index is 2770. The van der Waals surface area contributed by atoms with Crippen LogP contribution in [-0.2, 0) is 78.4 Å². The van der Waals surface area contributed by atoms with Crippen LogP contribution in [0.3, 0.4) is 0 Å². The topological polar surface area (TPSA) is 271 Å². The molecule has 4 aromatic carbocycles. The van der Waals surface area contributed by atoms with Crippen molar-refractivity contribution in [2.24, 2.45) is 63.5 Å². The summed E-state index contributed by atoms with van der Waals surface area (Å²) in [7, 11) is 0. The van der Waals surface area contributed by atoms with E-state index in [1.165, 1.54) is 0 Å². The molecule has 434 valence electrons. The van der Waals surface area contributed by atoms with Crippen LogP contribution >= 0.6 is 0 Å². The average molecular weight is 1110 g/mol. The molecule has 4 fully saturated rings. The van der Waals surface area contributed by atoms with Gasteiger partial charge < -0.3 is 52.1 Å². The number of benzene rings is 4. The van der Waals surface area contributed by atoms with Crippen molar-refractivity contribution in [3.8, 4) is 0 Å². The van der Waals surface area contributed by atoms with Gasteiger partial charge in [0.1, 0.15) is 44.6 Å². The maximum atomic E-state index is 14.2. The number of carbonyl (C=O) groups is 7. The Morgan fingerprint density at radius 1 is 0.543 bits per heavy atom. The molecule has 9 N–H and O–H groups in total. The zero-order valence-electron chi connectivity index (χ0n) is 47.0. The van der Waals surface area contributed by atoms with Gasteiger partial charge in [-0.2, -0.15) is 0 Å². The zero-order valence-corrected chi connectivity index (χ0v) is 47.0. The van der Waals surface area contributed by atoms with Gasteiger partial charge in [-0.25, -0.2) is 0 Å². The Morgan fingerprint density at radius 3 is 1.49 bits per heavy atom. The van der Waals surface area contributed by atoms with Crippen LogP contribution in [0.4, 0.5) is 0 Å². The molecule has 3 amide bonds. The Labute approximate surface area is 475 Å². The van der Waals surface area contributed by atoms with E-state index in [2.05, 4.69) is 36.7 Å². The number of amides is 3. The highest BCUT2D eigenvalue weighted by Gasteiger charge is 2.68. The van der Waals surface area contributed by atoms with Crippen LogP contribution in [0.25, 0.3) is 0 Å². The summed E-state index contributed by atoms with van der Waals surface area (Å²) in [5.74, 6) is -4.23. The number of nitrogens with two attached hydrogens (primary N) is 3. The van der Waals surface area contributed by atoms with E-state index in [4.69, 9.17) is 36.1 Å². The molecule has 17 heteroatoms. The van der Waals surface area contributed by atoms with Crippen molar-refractivity contribution in [2.45, 2.75) is 141 Å². The highest BCUT2D eigenvalue weighted by molar-refractivity contribution is 5.87. The lowest BCUT2D eigenvalue weighted by Crippen LogP contribution is -2.64. The summed E-state index contributed by atoms with van der Waals surface area (Å²) in [6.45, 7) is 5.58. The predicted molar refractivity (Wildman–Crippen MR) is 304 cm³/mol. The molecule has 0 aromatic heterocycles. The van der Waals surface area contributed by atoms with Crippen LogP contribution in [0.2, 0.25) is 0 Å². The van der Waals surface area contributed by atoms with Crippen molar-refractivity contribution in [3.63, 3.8) is 0 Å². The highest BCUT2D eigenvalue weighted by atomic mass is 16.6. The van der Waals surface area contributed by atoms with Crippen molar-refractivity contribution in [2.75, 3.05) is 19.6 Å². The number of carbonyl (C=O) groups excluding carboxylic acids is 7. The van der Waals surface area contributed by atoms with Gasteiger partial charge in [-0.05, 0) is 128 Å². The largest absolute Gasteiger partial charge is 0.461 e. The number of esters is 4. The third-order valence-electron chi connectivity index (χ3n) is 18.5. The molecule has 0 unspecified atom stereocenters. The van der Waals surface area contributed by atoms with Crippen LogP contribution in [-0.4, -0.2) is 97.7 Å². The maximum Gasteiger partial charge on any atom is 0.325 e. The van der Waals surface area contributed by atoms with Crippen LogP contribution in [0.1, 0.15) is 101 Å². The van der Waals surface area contributed by atoms with E-state index in [-0.39, 0.29) is 73.9 Å². The van der Waals surface area contributed by atoms with E-state index in [1.54, 1.807) is 0 Å². The molecule has 0 heterocycles. The van der Waals surface area contributed by atoms with Gasteiger partial charge in [0.25, 0.3) is 0 Å². The summed E-state index contributed by atoms with van der Waals surface area (Å²) in [5, 5.41) is 8.08. The number of rotatable bonds is 24. The van der Waals surface area contributed by atoms with Crippen LogP contribution in [0.15, 0.2) is 121 Å². The molecule has 0 bridgehead atoms. The molecule has 4 aliphatic rings. The second-order valence-electron chi connectivity index (χ2n) is 23.6. The van der Waals surface area contributed by atoms with Gasteiger partial charge in [-0.1, -0.05) is 142 Å². The van der Waals surface area contributed by atoms with Crippen molar-refractivity contribution in [1.82, 2.24) is 16.0 Å². The summed E-state index contributed by atoms with van der Waals surface area (Å²) >= 11 is 0. The molecular formula is C64H82N6O11. The van der Waals surface area contributed by atoms with Gasteiger partial charge in [0.05, 0.1) is 18.1 Å². The fraction of sp³-hybridized carbons (Fsp3) is 0.516. The van der Waals surface area contributed by atoms with E-state index in [1.807, 2.05) is 121 Å². The monoisotopic (exact) mass is 1110 g/mol.